The van der Waals surface area contributed by atoms with Gasteiger partial charge < -0.3 is 20.4 Å². The Labute approximate surface area is 167 Å². The van der Waals surface area contributed by atoms with Crippen LogP contribution in [0.3, 0.4) is 0 Å². The second-order valence-electron chi connectivity index (χ2n) is 7.28. The van der Waals surface area contributed by atoms with Gasteiger partial charge in [0.25, 0.3) is 0 Å². The fourth-order valence-electron chi connectivity index (χ4n) is 3.63. The van der Waals surface area contributed by atoms with Gasteiger partial charge in [0.1, 0.15) is 5.76 Å². The summed E-state index contributed by atoms with van der Waals surface area (Å²) in [6, 6.07) is 7.08. The van der Waals surface area contributed by atoms with E-state index in [0.29, 0.717) is 17.9 Å². The maximum absolute atomic E-state index is 12.3. The highest BCUT2D eigenvalue weighted by Crippen LogP contribution is 2.33. The molecule has 1 aromatic heterocycles. The van der Waals surface area contributed by atoms with Gasteiger partial charge in [0, 0.05) is 12.5 Å². The molecule has 4 N–H and O–H groups in total. The number of hydrogen-bond acceptors (Lipinski definition) is 6. The zero-order valence-electron chi connectivity index (χ0n) is 16.0. The van der Waals surface area contributed by atoms with Crippen LogP contribution in [0.4, 0.5) is 0 Å². The second-order valence-corrected chi connectivity index (χ2v) is 7.28. The van der Waals surface area contributed by atoms with Gasteiger partial charge in [-0.15, -0.1) is 0 Å². The molecule has 8 nitrogen and oxygen atoms in total. The summed E-state index contributed by atoms with van der Waals surface area (Å²) < 4.78 is 5.87. The summed E-state index contributed by atoms with van der Waals surface area (Å²) in [5.74, 6) is -2.72. The minimum atomic E-state index is -1.08. The first-order valence-electron chi connectivity index (χ1n) is 9.55. The van der Waals surface area contributed by atoms with E-state index in [1.807, 2.05) is 0 Å². The standard InChI is InChI=1S/C21H24N2O6/c22-18(25)11-16(13-4-6-14(7-5-13)21(27)28)20-19(26)17(24)10-15(29-20)12-23-8-2-1-3-9-23/h4-7,10,16,26H,1-3,8-9,11-12H2,(H2,22,25)(H,27,28). The second kappa shape index (κ2) is 8.91. The summed E-state index contributed by atoms with van der Waals surface area (Å²) in [6.07, 6.45) is 3.13. The number of aromatic carboxylic acids is 1. The number of carbonyl (C=O) groups excluding carboxylic acids is 1. The predicted octanol–water partition coefficient (Wildman–Crippen LogP) is 2.04. The van der Waals surface area contributed by atoms with Gasteiger partial charge in [-0.1, -0.05) is 18.6 Å². The van der Waals surface area contributed by atoms with Crippen LogP contribution >= 0.6 is 0 Å². The van der Waals surface area contributed by atoms with Crippen molar-refractivity contribution in [1.29, 1.82) is 0 Å². The van der Waals surface area contributed by atoms with E-state index in [0.717, 1.165) is 25.9 Å². The van der Waals surface area contributed by atoms with Gasteiger partial charge in [-0.3, -0.25) is 14.5 Å². The van der Waals surface area contributed by atoms with Crippen molar-refractivity contribution in [2.45, 2.75) is 38.1 Å². The van der Waals surface area contributed by atoms with Crippen molar-refractivity contribution in [2.75, 3.05) is 13.1 Å². The lowest BCUT2D eigenvalue weighted by Gasteiger charge is -2.26. The van der Waals surface area contributed by atoms with Crippen molar-refractivity contribution in [2.24, 2.45) is 5.73 Å². The van der Waals surface area contributed by atoms with Crippen LogP contribution in [0.25, 0.3) is 0 Å². The molecule has 2 heterocycles. The molecule has 1 aliphatic heterocycles. The Balaban J connectivity index is 1.98. The van der Waals surface area contributed by atoms with Crippen molar-refractivity contribution in [1.82, 2.24) is 4.90 Å². The molecule has 1 atom stereocenters. The highest BCUT2D eigenvalue weighted by atomic mass is 16.4. The summed E-state index contributed by atoms with van der Waals surface area (Å²) in [7, 11) is 0. The van der Waals surface area contributed by atoms with Crippen LogP contribution in [0.15, 0.2) is 39.5 Å². The molecule has 0 spiro atoms. The number of nitrogens with two attached hydrogens (primary N) is 1. The minimum absolute atomic E-state index is 0.0358. The third kappa shape index (κ3) is 5.03. The molecule has 0 bridgehead atoms. The lowest BCUT2D eigenvalue weighted by atomic mass is 9.91. The van der Waals surface area contributed by atoms with Gasteiger partial charge in [-0.2, -0.15) is 0 Å². The maximum Gasteiger partial charge on any atom is 0.335 e. The first-order chi connectivity index (χ1) is 13.8. The van der Waals surface area contributed by atoms with Crippen LogP contribution in [0.2, 0.25) is 0 Å². The molecule has 8 heteroatoms. The van der Waals surface area contributed by atoms with Crippen LogP contribution in [-0.2, 0) is 11.3 Å². The summed E-state index contributed by atoms with van der Waals surface area (Å²) in [5, 5.41) is 19.4. The average molecular weight is 400 g/mol. The van der Waals surface area contributed by atoms with E-state index in [1.165, 1.54) is 36.8 Å². The number of piperidine rings is 1. The van der Waals surface area contributed by atoms with E-state index in [-0.39, 0.29) is 17.7 Å². The van der Waals surface area contributed by atoms with Crippen LogP contribution in [-0.4, -0.2) is 40.1 Å². The number of rotatable bonds is 7. The number of amides is 1. The minimum Gasteiger partial charge on any atom is -0.502 e. The van der Waals surface area contributed by atoms with Gasteiger partial charge in [-0.25, -0.2) is 4.79 Å². The summed E-state index contributed by atoms with van der Waals surface area (Å²) in [4.78, 5) is 37.3. The maximum atomic E-state index is 12.3. The Hall–Kier alpha value is -3.13. The largest absolute Gasteiger partial charge is 0.502 e. The third-order valence-corrected chi connectivity index (χ3v) is 5.11. The van der Waals surface area contributed by atoms with E-state index < -0.39 is 29.0 Å². The molecular formula is C21H24N2O6. The summed E-state index contributed by atoms with van der Waals surface area (Å²) in [5.41, 5.74) is 5.39. The molecule has 0 saturated carbocycles. The van der Waals surface area contributed by atoms with Crippen LogP contribution in [0.1, 0.15) is 59.0 Å². The Morgan fingerprint density at radius 3 is 2.38 bits per heavy atom. The topological polar surface area (TPSA) is 134 Å². The molecule has 1 aromatic carbocycles. The Bertz CT molecular complexity index is 945. The number of carboxylic acid groups (broad SMARTS) is 1. The van der Waals surface area contributed by atoms with Gasteiger partial charge in [-0.05, 0) is 43.6 Å². The van der Waals surface area contributed by atoms with E-state index in [4.69, 9.17) is 15.3 Å². The molecule has 1 fully saturated rings. The van der Waals surface area contributed by atoms with E-state index in [2.05, 4.69) is 4.90 Å². The van der Waals surface area contributed by atoms with Gasteiger partial charge in [0.15, 0.2) is 5.76 Å². The van der Waals surface area contributed by atoms with Crippen molar-refractivity contribution < 1.29 is 24.2 Å². The quantitative estimate of drug-likeness (QED) is 0.647. The Kier molecular flexibility index (Phi) is 6.33. The number of carbonyl (C=O) groups is 2. The number of benzene rings is 1. The first kappa shape index (κ1) is 20.6. The highest BCUT2D eigenvalue weighted by molar-refractivity contribution is 5.87. The monoisotopic (exact) mass is 400 g/mol. The molecule has 154 valence electrons. The molecule has 1 saturated heterocycles. The predicted molar refractivity (Wildman–Crippen MR) is 105 cm³/mol. The van der Waals surface area contributed by atoms with Crippen molar-refractivity contribution in [3.63, 3.8) is 0 Å². The zero-order chi connectivity index (χ0) is 21.0. The molecule has 0 aliphatic carbocycles. The number of nitrogens with zero attached hydrogens (tertiary/aromatic N) is 1. The SMILES string of the molecule is NC(=O)CC(c1ccc(C(=O)O)cc1)c1oc(CN2CCCCC2)cc(=O)c1O. The number of primary amides is 1. The number of carboxylic acids is 1. The molecule has 1 aliphatic rings. The van der Waals surface area contributed by atoms with Gasteiger partial charge in [0.05, 0.1) is 18.0 Å². The molecule has 1 amide bonds. The van der Waals surface area contributed by atoms with Gasteiger partial charge >= 0.3 is 5.97 Å². The molecule has 3 rings (SSSR count). The van der Waals surface area contributed by atoms with E-state index >= 15 is 0 Å². The summed E-state index contributed by atoms with van der Waals surface area (Å²) >= 11 is 0. The third-order valence-electron chi connectivity index (χ3n) is 5.11. The Morgan fingerprint density at radius 1 is 1.14 bits per heavy atom. The van der Waals surface area contributed by atoms with Crippen molar-refractivity contribution in [3.05, 3.63) is 63.2 Å². The zero-order valence-corrected chi connectivity index (χ0v) is 16.0. The van der Waals surface area contributed by atoms with E-state index in [1.54, 1.807) is 0 Å². The fraction of sp³-hybridized carbons (Fsp3) is 0.381. The van der Waals surface area contributed by atoms with E-state index in [9.17, 15) is 19.5 Å². The normalized spacial score (nSPS) is 15.7. The molecule has 1 unspecified atom stereocenters. The number of aromatic hydroxyl groups is 1. The molecular weight excluding hydrogens is 376 g/mol. The lowest BCUT2D eigenvalue weighted by Crippen LogP contribution is -2.29. The van der Waals surface area contributed by atoms with Crippen LogP contribution in [0, 0.1) is 0 Å². The fourth-order valence-corrected chi connectivity index (χ4v) is 3.63. The van der Waals surface area contributed by atoms with Gasteiger partial charge in [0.2, 0.25) is 17.1 Å². The lowest BCUT2D eigenvalue weighted by molar-refractivity contribution is -0.118. The molecule has 2 aromatic rings. The summed E-state index contributed by atoms with van der Waals surface area (Å²) in [6.45, 7) is 2.24. The molecule has 29 heavy (non-hydrogen) atoms. The number of likely N-dealkylation sites (tertiary alicyclic amines) is 1. The van der Waals surface area contributed by atoms with Crippen LogP contribution < -0.4 is 11.2 Å². The first-order valence-corrected chi connectivity index (χ1v) is 9.55. The average Bonchev–Trinajstić information content (AvgIpc) is 2.69. The van der Waals surface area contributed by atoms with Crippen LogP contribution in [0.5, 0.6) is 5.75 Å². The smallest absolute Gasteiger partial charge is 0.335 e. The Morgan fingerprint density at radius 2 is 1.79 bits per heavy atom. The highest BCUT2D eigenvalue weighted by Gasteiger charge is 2.26. The number of hydrogen-bond donors (Lipinski definition) is 3. The van der Waals surface area contributed by atoms with Crippen molar-refractivity contribution >= 4 is 11.9 Å². The molecule has 0 radical (unpaired) electrons. The van der Waals surface area contributed by atoms with Crippen molar-refractivity contribution in [3.8, 4) is 5.75 Å².